The lowest BCUT2D eigenvalue weighted by molar-refractivity contribution is -0.133. The van der Waals surface area contributed by atoms with Gasteiger partial charge in [0.2, 0.25) is 0 Å². The fourth-order valence-corrected chi connectivity index (χ4v) is 2.56. The molecule has 0 unspecified atom stereocenters. The van der Waals surface area contributed by atoms with Gasteiger partial charge in [-0.25, -0.2) is 0 Å². The van der Waals surface area contributed by atoms with Crippen molar-refractivity contribution in [2.75, 3.05) is 10.6 Å². The minimum Gasteiger partial charge on any atom is -0.508 e. The molecule has 0 aliphatic rings. The van der Waals surface area contributed by atoms with Crippen molar-refractivity contribution >= 4 is 45.8 Å². The van der Waals surface area contributed by atoms with E-state index in [1.54, 1.807) is 19.1 Å². The highest BCUT2D eigenvalue weighted by atomic mass is 127. The molecule has 0 aromatic heterocycles. The first-order chi connectivity index (χ1) is 10.4. The zero-order valence-corrected chi connectivity index (χ0v) is 14.3. The molecule has 2 rings (SSSR count). The fraction of sp³-hybridized carbons (Fsp3) is 0.125. The standard InChI is InChI=1S/C16H15IN2O3/c1-9-7-11(17)3-5-13(9)18-15(21)16(22)19-14-6-4-12(20)8-10(14)2/h3-8,20H,1-2H3,(H,18,21)(H,19,22). The third-order valence-electron chi connectivity index (χ3n) is 3.10. The normalized spacial score (nSPS) is 10.1. The summed E-state index contributed by atoms with van der Waals surface area (Å²) in [5.41, 5.74) is 2.64. The van der Waals surface area contributed by atoms with Crippen molar-refractivity contribution in [1.82, 2.24) is 0 Å². The first kappa shape index (κ1) is 16.3. The Morgan fingerprint density at radius 3 is 1.91 bits per heavy atom. The molecular formula is C16H15IN2O3. The Morgan fingerprint density at radius 1 is 0.909 bits per heavy atom. The Balaban J connectivity index is 2.07. The molecule has 114 valence electrons. The van der Waals surface area contributed by atoms with E-state index >= 15 is 0 Å². The molecule has 0 radical (unpaired) electrons. The average molecular weight is 410 g/mol. The van der Waals surface area contributed by atoms with E-state index in [0.717, 1.165) is 9.13 Å². The molecule has 0 spiro atoms. The van der Waals surface area contributed by atoms with Gasteiger partial charge >= 0.3 is 11.8 Å². The number of carbonyl (C=O) groups is 2. The first-order valence-electron chi connectivity index (χ1n) is 6.55. The number of aromatic hydroxyl groups is 1. The molecule has 6 heteroatoms. The number of amides is 2. The third kappa shape index (κ3) is 3.97. The molecule has 2 amide bonds. The highest BCUT2D eigenvalue weighted by Crippen LogP contribution is 2.21. The largest absolute Gasteiger partial charge is 0.508 e. The second-order valence-corrected chi connectivity index (χ2v) is 6.11. The van der Waals surface area contributed by atoms with Crippen LogP contribution in [0.15, 0.2) is 36.4 Å². The summed E-state index contributed by atoms with van der Waals surface area (Å²) >= 11 is 2.18. The number of nitrogens with one attached hydrogen (secondary N) is 2. The van der Waals surface area contributed by atoms with E-state index in [9.17, 15) is 14.7 Å². The zero-order valence-electron chi connectivity index (χ0n) is 12.1. The number of aryl methyl sites for hydroxylation is 2. The molecule has 0 fully saturated rings. The summed E-state index contributed by atoms with van der Waals surface area (Å²) < 4.78 is 1.05. The number of hydrogen-bond acceptors (Lipinski definition) is 3. The van der Waals surface area contributed by atoms with Crippen molar-refractivity contribution in [2.45, 2.75) is 13.8 Å². The summed E-state index contributed by atoms with van der Waals surface area (Å²) in [4.78, 5) is 23.9. The number of phenols is 1. The number of carbonyl (C=O) groups excluding carboxylic acids is 2. The van der Waals surface area contributed by atoms with Crippen LogP contribution in [-0.4, -0.2) is 16.9 Å². The van der Waals surface area contributed by atoms with Crippen LogP contribution in [0, 0.1) is 17.4 Å². The molecular weight excluding hydrogens is 395 g/mol. The van der Waals surface area contributed by atoms with Crippen molar-refractivity contribution in [2.24, 2.45) is 0 Å². The number of benzene rings is 2. The second kappa shape index (κ2) is 6.78. The zero-order chi connectivity index (χ0) is 16.3. The van der Waals surface area contributed by atoms with E-state index in [2.05, 4.69) is 33.2 Å². The first-order valence-corrected chi connectivity index (χ1v) is 7.63. The number of anilines is 2. The Hall–Kier alpha value is -2.09. The van der Waals surface area contributed by atoms with E-state index < -0.39 is 11.8 Å². The number of phenolic OH excluding ortho intramolecular Hbond substituents is 1. The predicted octanol–water partition coefficient (Wildman–Crippen LogP) is 3.19. The van der Waals surface area contributed by atoms with Crippen LogP contribution in [0.4, 0.5) is 11.4 Å². The van der Waals surface area contributed by atoms with Crippen molar-refractivity contribution in [3.05, 3.63) is 51.1 Å². The quantitative estimate of drug-likeness (QED) is 0.404. The fourth-order valence-electron chi connectivity index (χ4n) is 1.91. The molecule has 2 aromatic rings. The van der Waals surface area contributed by atoms with Crippen molar-refractivity contribution in [1.29, 1.82) is 0 Å². The van der Waals surface area contributed by atoms with E-state index in [-0.39, 0.29) is 5.75 Å². The summed E-state index contributed by atoms with van der Waals surface area (Å²) in [6.45, 7) is 3.59. The van der Waals surface area contributed by atoms with Gasteiger partial charge in [-0.3, -0.25) is 9.59 Å². The van der Waals surface area contributed by atoms with Gasteiger partial charge in [-0.2, -0.15) is 0 Å². The van der Waals surface area contributed by atoms with E-state index in [4.69, 9.17) is 0 Å². The summed E-state index contributed by atoms with van der Waals surface area (Å²) in [6.07, 6.45) is 0. The van der Waals surface area contributed by atoms with E-state index in [1.807, 2.05) is 19.1 Å². The van der Waals surface area contributed by atoms with Crippen LogP contribution in [0.25, 0.3) is 0 Å². The molecule has 0 atom stereocenters. The van der Waals surface area contributed by atoms with E-state index in [1.165, 1.54) is 12.1 Å². The van der Waals surface area contributed by atoms with Gasteiger partial charge in [0.15, 0.2) is 0 Å². The molecule has 5 nitrogen and oxygen atoms in total. The Bertz CT molecular complexity index is 681. The van der Waals surface area contributed by atoms with Crippen LogP contribution in [0.5, 0.6) is 5.75 Å². The van der Waals surface area contributed by atoms with Gasteiger partial charge in [0, 0.05) is 14.9 Å². The van der Waals surface area contributed by atoms with Gasteiger partial charge in [0.05, 0.1) is 0 Å². The topological polar surface area (TPSA) is 78.4 Å². The molecule has 0 bridgehead atoms. The minimum atomic E-state index is -0.758. The lowest BCUT2D eigenvalue weighted by atomic mass is 10.2. The van der Waals surface area contributed by atoms with Gasteiger partial charge in [-0.15, -0.1) is 0 Å². The molecule has 2 aromatic carbocycles. The van der Waals surface area contributed by atoms with Crippen LogP contribution >= 0.6 is 22.6 Å². The van der Waals surface area contributed by atoms with Gasteiger partial charge in [0.1, 0.15) is 5.75 Å². The predicted molar refractivity (Wildman–Crippen MR) is 94.0 cm³/mol. The molecule has 0 aliphatic heterocycles. The Labute approximate surface area is 141 Å². The SMILES string of the molecule is Cc1cc(O)ccc1NC(=O)C(=O)Nc1ccc(I)cc1C. The smallest absolute Gasteiger partial charge is 0.314 e. The maximum Gasteiger partial charge on any atom is 0.314 e. The molecule has 0 saturated carbocycles. The monoisotopic (exact) mass is 410 g/mol. The number of rotatable bonds is 2. The van der Waals surface area contributed by atoms with Crippen LogP contribution in [-0.2, 0) is 9.59 Å². The third-order valence-corrected chi connectivity index (χ3v) is 3.77. The van der Waals surface area contributed by atoms with Gasteiger partial charge < -0.3 is 15.7 Å². The van der Waals surface area contributed by atoms with Crippen molar-refractivity contribution in [3.8, 4) is 5.75 Å². The van der Waals surface area contributed by atoms with Crippen molar-refractivity contribution < 1.29 is 14.7 Å². The van der Waals surface area contributed by atoms with E-state index in [0.29, 0.717) is 16.9 Å². The Morgan fingerprint density at radius 2 is 1.41 bits per heavy atom. The van der Waals surface area contributed by atoms with Crippen LogP contribution in [0.1, 0.15) is 11.1 Å². The maximum atomic E-state index is 12.0. The molecule has 0 heterocycles. The summed E-state index contributed by atoms with van der Waals surface area (Å²) in [6, 6.07) is 10.0. The highest BCUT2D eigenvalue weighted by Gasteiger charge is 2.16. The highest BCUT2D eigenvalue weighted by molar-refractivity contribution is 14.1. The number of halogens is 1. The van der Waals surface area contributed by atoms with Crippen LogP contribution in [0.3, 0.4) is 0 Å². The molecule has 0 saturated heterocycles. The van der Waals surface area contributed by atoms with Crippen LogP contribution < -0.4 is 10.6 Å². The lowest BCUT2D eigenvalue weighted by Gasteiger charge is -2.10. The summed E-state index contributed by atoms with van der Waals surface area (Å²) in [5.74, 6) is -1.39. The number of hydrogen-bond donors (Lipinski definition) is 3. The summed E-state index contributed by atoms with van der Waals surface area (Å²) in [7, 11) is 0. The average Bonchev–Trinajstić information content (AvgIpc) is 2.44. The molecule has 3 N–H and O–H groups in total. The van der Waals surface area contributed by atoms with Crippen LogP contribution in [0.2, 0.25) is 0 Å². The second-order valence-electron chi connectivity index (χ2n) is 4.87. The van der Waals surface area contributed by atoms with Gasteiger partial charge in [-0.1, -0.05) is 0 Å². The Kier molecular flexibility index (Phi) is 5.02. The van der Waals surface area contributed by atoms with Crippen molar-refractivity contribution in [3.63, 3.8) is 0 Å². The molecule has 22 heavy (non-hydrogen) atoms. The summed E-state index contributed by atoms with van der Waals surface area (Å²) in [5, 5.41) is 14.4. The van der Waals surface area contributed by atoms with Gasteiger partial charge in [0.25, 0.3) is 0 Å². The van der Waals surface area contributed by atoms with Gasteiger partial charge in [-0.05, 0) is 84.0 Å². The maximum absolute atomic E-state index is 12.0. The lowest BCUT2D eigenvalue weighted by Crippen LogP contribution is -2.29. The minimum absolute atomic E-state index is 0.106. The molecule has 0 aliphatic carbocycles.